The number of aliphatic hydroxyl groups is 2. The van der Waals surface area contributed by atoms with Crippen molar-refractivity contribution < 1.29 is 14.6 Å². The molecule has 1 unspecified atom stereocenters. The molecule has 2 aromatic rings. The van der Waals surface area contributed by atoms with E-state index in [0.29, 0.717) is 16.7 Å². The summed E-state index contributed by atoms with van der Waals surface area (Å²) >= 11 is 0. The van der Waals surface area contributed by atoms with E-state index in [-0.39, 0.29) is 12.4 Å². The fraction of sp³-hybridized carbons (Fsp3) is 0.143. The van der Waals surface area contributed by atoms with Gasteiger partial charge in [-0.1, -0.05) is 36.4 Å². The van der Waals surface area contributed by atoms with Gasteiger partial charge in [0.15, 0.2) is 0 Å². The molecule has 0 aliphatic rings. The van der Waals surface area contributed by atoms with E-state index in [9.17, 15) is 14.6 Å². The number of hydrogen-bond acceptors (Lipinski definition) is 2. The highest BCUT2D eigenvalue weighted by Gasteiger charge is 2.13. The summed E-state index contributed by atoms with van der Waals surface area (Å²) < 4.78 is 12.8. The minimum atomic E-state index is -0.848. The molecular weight excluding hydrogens is 219 g/mol. The lowest BCUT2D eigenvalue weighted by atomic mass is 9.97. The Hall–Kier alpha value is -1.71. The molecule has 0 saturated heterocycles. The van der Waals surface area contributed by atoms with Gasteiger partial charge in [0.25, 0.3) is 0 Å². The first kappa shape index (κ1) is 11.8. The average Bonchev–Trinajstić information content (AvgIpc) is 2.39. The van der Waals surface area contributed by atoms with Gasteiger partial charge in [0.1, 0.15) is 11.9 Å². The highest BCUT2D eigenvalue weighted by molar-refractivity contribution is 5.35. The Kier molecular flexibility index (Phi) is 3.52. The summed E-state index contributed by atoms with van der Waals surface area (Å²) in [5.41, 5.74) is 1.92. The van der Waals surface area contributed by atoms with E-state index >= 15 is 0 Å². The highest BCUT2D eigenvalue weighted by atomic mass is 19.1. The van der Waals surface area contributed by atoms with Crippen LogP contribution in [0.25, 0.3) is 0 Å². The van der Waals surface area contributed by atoms with Crippen LogP contribution < -0.4 is 0 Å². The molecule has 2 rings (SSSR count). The molecule has 17 heavy (non-hydrogen) atoms. The van der Waals surface area contributed by atoms with Crippen LogP contribution in [0.5, 0.6) is 0 Å². The van der Waals surface area contributed by atoms with Gasteiger partial charge in [-0.2, -0.15) is 0 Å². The molecule has 0 aliphatic carbocycles. The van der Waals surface area contributed by atoms with Crippen molar-refractivity contribution in [1.82, 2.24) is 0 Å². The van der Waals surface area contributed by atoms with Crippen molar-refractivity contribution in [2.75, 3.05) is 0 Å². The molecule has 3 heteroatoms. The molecule has 0 spiro atoms. The molecule has 88 valence electrons. The quantitative estimate of drug-likeness (QED) is 0.853. The second-order valence-electron chi connectivity index (χ2n) is 3.81. The van der Waals surface area contributed by atoms with Crippen molar-refractivity contribution in [1.29, 1.82) is 0 Å². The zero-order chi connectivity index (χ0) is 12.3. The first-order valence-electron chi connectivity index (χ1n) is 5.34. The van der Waals surface area contributed by atoms with Crippen LogP contribution in [0.15, 0.2) is 48.5 Å². The standard InChI is InChI=1S/C14H13FO2/c15-12-7-5-10(6-8-12)14(17)13-4-2-1-3-11(13)9-16/h1-8,14,16-17H,9H2. The molecule has 2 aromatic carbocycles. The predicted octanol–water partition coefficient (Wildman–Crippen LogP) is 2.40. The molecule has 0 bridgehead atoms. The smallest absolute Gasteiger partial charge is 0.123 e. The van der Waals surface area contributed by atoms with Crippen molar-refractivity contribution >= 4 is 0 Å². The van der Waals surface area contributed by atoms with Gasteiger partial charge in [0.2, 0.25) is 0 Å². The Balaban J connectivity index is 2.36. The van der Waals surface area contributed by atoms with Gasteiger partial charge in [-0.25, -0.2) is 4.39 Å². The van der Waals surface area contributed by atoms with Crippen molar-refractivity contribution in [3.63, 3.8) is 0 Å². The van der Waals surface area contributed by atoms with Crippen molar-refractivity contribution in [3.05, 3.63) is 71.0 Å². The number of rotatable bonds is 3. The molecule has 0 aromatic heterocycles. The third-order valence-electron chi connectivity index (χ3n) is 2.71. The summed E-state index contributed by atoms with van der Waals surface area (Å²) in [6.07, 6.45) is -0.848. The Morgan fingerprint density at radius 1 is 1.00 bits per heavy atom. The van der Waals surface area contributed by atoms with E-state index in [1.807, 2.05) is 0 Å². The van der Waals surface area contributed by atoms with Crippen LogP contribution >= 0.6 is 0 Å². The van der Waals surface area contributed by atoms with Crippen LogP contribution in [-0.4, -0.2) is 10.2 Å². The van der Waals surface area contributed by atoms with Crippen LogP contribution in [0.3, 0.4) is 0 Å². The lowest BCUT2D eigenvalue weighted by Crippen LogP contribution is -2.03. The molecule has 0 fully saturated rings. The molecule has 2 nitrogen and oxygen atoms in total. The minimum absolute atomic E-state index is 0.131. The first-order chi connectivity index (χ1) is 8.22. The number of hydrogen-bond donors (Lipinski definition) is 2. The molecular formula is C14H13FO2. The molecule has 0 amide bonds. The first-order valence-corrected chi connectivity index (χ1v) is 5.34. The fourth-order valence-electron chi connectivity index (χ4n) is 1.77. The number of halogens is 1. The van der Waals surface area contributed by atoms with Gasteiger partial charge in [-0.15, -0.1) is 0 Å². The molecule has 0 aliphatic heterocycles. The predicted molar refractivity (Wildman–Crippen MR) is 62.8 cm³/mol. The Labute approximate surface area is 99.0 Å². The fourth-order valence-corrected chi connectivity index (χ4v) is 1.77. The van der Waals surface area contributed by atoms with Gasteiger partial charge in [0.05, 0.1) is 6.61 Å². The summed E-state index contributed by atoms with van der Waals surface area (Å²) in [6.45, 7) is -0.131. The molecule has 1 atom stereocenters. The second-order valence-corrected chi connectivity index (χ2v) is 3.81. The zero-order valence-corrected chi connectivity index (χ0v) is 9.18. The van der Waals surface area contributed by atoms with Crippen LogP contribution in [0, 0.1) is 5.82 Å². The van der Waals surface area contributed by atoms with Crippen LogP contribution in [0.2, 0.25) is 0 Å². The van der Waals surface area contributed by atoms with Crippen LogP contribution in [0.4, 0.5) is 4.39 Å². The minimum Gasteiger partial charge on any atom is -0.392 e. The lowest BCUT2D eigenvalue weighted by molar-refractivity contribution is 0.213. The Bertz CT molecular complexity index is 494. The third kappa shape index (κ3) is 2.52. The molecule has 0 heterocycles. The SMILES string of the molecule is OCc1ccccc1C(O)c1ccc(F)cc1. The normalized spacial score (nSPS) is 12.4. The van der Waals surface area contributed by atoms with E-state index in [2.05, 4.69) is 0 Å². The topological polar surface area (TPSA) is 40.5 Å². The van der Waals surface area contributed by atoms with Gasteiger partial charge >= 0.3 is 0 Å². The summed E-state index contributed by atoms with van der Waals surface area (Å²) in [5, 5.41) is 19.3. The summed E-state index contributed by atoms with van der Waals surface area (Å²) in [5.74, 6) is -0.337. The van der Waals surface area contributed by atoms with E-state index in [1.54, 1.807) is 24.3 Å². The average molecular weight is 232 g/mol. The van der Waals surface area contributed by atoms with Crippen LogP contribution in [-0.2, 0) is 6.61 Å². The zero-order valence-electron chi connectivity index (χ0n) is 9.18. The largest absolute Gasteiger partial charge is 0.392 e. The van der Waals surface area contributed by atoms with Gasteiger partial charge in [-0.05, 0) is 28.8 Å². The maximum atomic E-state index is 12.8. The number of benzene rings is 2. The van der Waals surface area contributed by atoms with E-state index in [4.69, 9.17) is 0 Å². The monoisotopic (exact) mass is 232 g/mol. The van der Waals surface area contributed by atoms with Gasteiger partial charge in [-0.3, -0.25) is 0 Å². The third-order valence-corrected chi connectivity index (χ3v) is 2.71. The Morgan fingerprint density at radius 3 is 2.29 bits per heavy atom. The van der Waals surface area contributed by atoms with Gasteiger partial charge in [0, 0.05) is 0 Å². The van der Waals surface area contributed by atoms with E-state index in [1.165, 1.54) is 24.3 Å². The van der Waals surface area contributed by atoms with E-state index < -0.39 is 6.10 Å². The maximum absolute atomic E-state index is 12.8. The summed E-state index contributed by atoms with van der Waals surface area (Å²) in [7, 11) is 0. The highest BCUT2D eigenvalue weighted by Crippen LogP contribution is 2.25. The lowest BCUT2D eigenvalue weighted by Gasteiger charge is -2.14. The van der Waals surface area contributed by atoms with Crippen LogP contribution in [0.1, 0.15) is 22.8 Å². The second kappa shape index (κ2) is 5.08. The molecule has 2 N–H and O–H groups in total. The Morgan fingerprint density at radius 2 is 1.65 bits per heavy atom. The summed E-state index contributed by atoms with van der Waals surface area (Å²) in [4.78, 5) is 0. The summed E-state index contributed by atoms with van der Waals surface area (Å²) in [6, 6.07) is 12.8. The molecule has 0 radical (unpaired) electrons. The van der Waals surface area contributed by atoms with E-state index in [0.717, 1.165) is 0 Å². The maximum Gasteiger partial charge on any atom is 0.123 e. The van der Waals surface area contributed by atoms with Gasteiger partial charge < -0.3 is 10.2 Å². The van der Waals surface area contributed by atoms with Crippen molar-refractivity contribution in [2.45, 2.75) is 12.7 Å². The number of aliphatic hydroxyl groups excluding tert-OH is 2. The van der Waals surface area contributed by atoms with Crippen molar-refractivity contribution in [3.8, 4) is 0 Å². The van der Waals surface area contributed by atoms with Crippen molar-refractivity contribution in [2.24, 2.45) is 0 Å². The molecule has 0 saturated carbocycles.